The van der Waals surface area contributed by atoms with Gasteiger partial charge in [0.1, 0.15) is 0 Å². The summed E-state index contributed by atoms with van der Waals surface area (Å²) in [5, 5.41) is 18.1. The van der Waals surface area contributed by atoms with Crippen LogP contribution in [0.1, 0.15) is 15.9 Å². The lowest BCUT2D eigenvalue weighted by Gasteiger charge is -2.06. The molecule has 0 bridgehead atoms. The van der Waals surface area contributed by atoms with Crippen LogP contribution in [0.2, 0.25) is 0 Å². The highest BCUT2D eigenvalue weighted by molar-refractivity contribution is 5.89. The Morgan fingerprint density at radius 2 is 2.15 bits per heavy atom. The number of nitrogens with zero attached hydrogens (tertiary/aromatic N) is 2. The zero-order valence-electron chi connectivity index (χ0n) is 10.8. The molecule has 0 atom stereocenters. The molecule has 2 amide bonds. The zero-order chi connectivity index (χ0) is 14.5. The highest BCUT2D eigenvalue weighted by Gasteiger charge is 2.06. The molecular formula is C13H14N4O3. The van der Waals surface area contributed by atoms with Crippen molar-refractivity contribution in [2.45, 2.75) is 6.54 Å². The van der Waals surface area contributed by atoms with Gasteiger partial charge >= 0.3 is 12.0 Å². The largest absolute Gasteiger partial charge is 0.478 e. The number of amides is 2. The van der Waals surface area contributed by atoms with Gasteiger partial charge in [-0.05, 0) is 17.7 Å². The van der Waals surface area contributed by atoms with Crippen LogP contribution in [-0.2, 0) is 13.6 Å². The third-order valence-electron chi connectivity index (χ3n) is 2.58. The van der Waals surface area contributed by atoms with E-state index < -0.39 is 12.0 Å². The van der Waals surface area contributed by atoms with Crippen LogP contribution in [0.4, 0.5) is 10.6 Å². The smallest absolute Gasteiger partial charge is 0.335 e. The number of aromatic nitrogens is 2. The Morgan fingerprint density at radius 3 is 2.80 bits per heavy atom. The average Bonchev–Trinajstić information content (AvgIpc) is 2.82. The van der Waals surface area contributed by atoms with Crippen molar-refractivity contribution in [3.8, 4) is 0 Å². The second kappa shape index (κ2) is 5.87. The number of aromatic carboxylic acids is 1. The number of nitrogens with one attached hydrogen (secondary N) is 2. The molecule has 20 heavy (non-hydrogen) atoms. The van der Waals surface area contributed by atoms with Gasteiger partial charge in [-0.3, -0.25) is 10.00 Å². The molecule has 0 fully saturated rings. The molecule has 0 aliphatic carbocycles. The van der Waals surface area contributed by atoms with Gasteiger partial charge in [-0.25, -0.2) is 9.59 Å². The lowest BCUT2D eigenvalue weighted by atomic mass is 10.1. The molecule has 0 unspecified atom stereocenters. The maximum Gasteiger partial charge on any atom is 0.335 e. The van der Waals surface area contributed by atoms with Gasteiger partial charge in [0.2, 0.25) is 0 Å². The van der Waals surface area contributed by atoms with E-state index in [1.807, 2.05) is 0 Å². The minimum atomic E-state index is -0.996. The van der Waals surface area contributed by atoms with E-state index in [0.717, 1.165) is 0 Å². The van der Waals surface area contributed by atoms with Gasteiger partial charge < -0.3 is 10.4 Å². The molecule has 3 N–H and O–H groups in total. The fraction of sp³-hybridized carbons (Fsp3) is 0.154. The molecule has 7 nitrogen and oxygen atoms in total. The Kier molecular flexibility index (Phi) is 3.99. The quantitative estimate of drug-likeness (QED) is 0.786. The van der Waals surface area contributed by atoms with E-state index in [-0.39, 0.29) is 12.1 Å². The van der Waals surface area contributed by atoms with Crippen molar-refractivity contribution < 1.29 is 14.7 Å². The fourth-order valence-corrected chi connectivity index (χ4v) is 1.64. The number of rotatable bonds is 4. The van der Waals surface area contributed by atoms with Gasteiger partial charge in [0.05, 0.1) is 5.56 Å². The predicted octanol–water partition coefficient (Wildman–Crippen LogP) is 1.44. The highest BCUT2D eigenvalue weighted by atomic mass is 16.4. The second-order valence-corrected chi connectivity index (χ2v) is 4.19. The first kappa shape index (κ1) is 13.6. The standard InChI is InChI=1S/C13H14N4O3/c1-17-6-5-11(16-17)15-13(20)14-8-9-3-2-4-10(7-9)12(18)19/h2-7H,8H2,1H3,(H,18,19)(H2,14,15,16,20). The molecule has 0 saturated carbocycles. The third-order valence-corrected chi connectivity index (χ3v) is 2.58. The SMILES string of the molecule is Cn1ccc(NC(=O)NCc2cccc(C(=O)O)c2)n1. The molecule has 0 radical (unpaired) electrons. The van der Waals surface area contributed by atoms with Crippen molar-refractivity contribution >= 4 is 17.8 Å². The molecule has 1 heterocycles. The molecule has 2 rings (SSSR count). The van der Waals surface area contributed by atoms with Crippen molar-refractivity contribution in [1.29, 1.82) is 0 Å². The van der Waals surface area contributed by atoms with Crippen LogP contribution in [0.3, 0.4) is 0 Å². The average molecular weight is 274 g/mol. The summed E-state index contributed by atoms with van der Waals surface area (Å²) in [6, 6.07) is 7.67. The first-order valence-electron chi connectivity index (χ1n) is 5.91. The molecule has 0 spiro atoms. The van der Waals surface area contributed by atoms with E-state index in [2.05, 4.69) is 15.7 Å². The molecule has 7 heteroatoms. The van der Waals surface area contributed by atoms with Gasteiger partial charge in [0.25, 0.3) is 0 Å². The summed E-state index contributed by atoms with van der Waals surface area (Å²) >= 11 is 0. The molecule has 0 saturated heterocycles. The van der Waals surface area contributed by atoms with Gasteiger partial charge in [-0.2, -0.15) is 5.10 Å². The number of urea groups is 1. The zero-order valence-corrected chi connectivity index (χ0v) is 10.8. The molecule has 2 aromatic rings. The number of carbonyl (C=O) groups is 2. The molecule has 0 aliphatic rings. The van der Waals surface area contributed by atoms with Gasteiger partial charge in [0, 0.05) is 25.9 Å². The lowest BCUT2D eigenvalue weighted by molar-refractivity contribution is 0.0696. The molecular weight excluding hydrogens is 260 g/mol. The first-order valence-corrected chi connectivity index (χ1v) is 5.91. The lowest BCUT2D eigenvalue weighted by Crippen LogP contribution is -2.28. The van der Waals surface area contributed by atoms with Gasteiger partial charge in [-0.1, -0.05) is 12.1 Å². The number of aryl methyl sites for hydroxylation is 1. The van der Waals surface area contributed by atoms with E-state index in [0.29, 0.717) is 11.4 Å². The monoisotopic (exact) mass is 274 g/mol. The summed E-state index contributed by atoms with van der Waals surface area (Å²) in [7, 11) is 1.75. The van der Waals surface area contributed by atoms with E-state index >= 15 is 0 Å². The van der Waals surface area contributed by atoms with Crippen LogP contribution in [0.25, 0.3) is 0 Å². The number of carboxylic acids is 1. The van der Waals surface area contributed by atoms with E-state index in [1.165, 1.54) is 12.1 Å². The Labute approximate surface area is 115 Å². The van der Waals surface area contributed by atoms with Crippen LogP contribution in [0.15, 0.2) is 36.5 Å². The van der Waals surface area contributed by atoms with Crippen LogP contribution in [-0.4, -0.2) is 26.9 Å². The number of hydrogen-bond acceptors (Lipinski definition) is 3. The summed E-state index contributed by atoms with van der Waals surface area (Å²) in [4.78, 5) is 22.5. The van der Waals surface area contributed by atoms with Crippen LogP contribution < -0.4 is 10.6 Å². The number of anilines is 1. The van der Waals surface area contributed by atoms with Crippen molar-refractivity contribution in [3.05, 3.63) is 47.7 Å². The van der Waals surface area contributed by atoms with E-state index in [4.69, 9.17) is 5.11 Å². The summed E-state index contributed by atoms with van der Waals surface area (Å²) in [5.41, 5.74) is 0.899. The maximum atomic E-state index is 11.6. The van der Waals surface area contributed by atoms with Crippen molar-refractivity contribution in [2.24, 2.45) is 7.05 Å². The van der Waals surface area contributed by atoms with Crippen LogP contribution >= 0.6 is 0 Å². The highest BCUT2D eigenvalue weighted by Crippen LogP contribution is 2.05. The van der Waals surface area contributed by atoms with E-state index in [9.17, 15) is 9.59 Å². The summed E-state index contributed by atoms with van der Waals surface area (Å²) in [6.07, 6.45) is 1.71. The molecule has 0 aliphatic heterocycles. The Morgan fingerprint density at radius 1 is 1.35 bits per heavy atom. The number of carbonyl (C=O) groups excluding carboxylic acids is 1. The molecule has 1 aromatic heterocycles. The summed E-state index contributed by atoms with van der Waals surface area (Å²) in [5.74, 6) is -0.547. The Balaban J connectivity index is 1.90. The molecule has 104 valence electrons. The Bertz CT molecular complexity index is 636. The number of benzene rings is 1. The third kappa shape index (κ3) is 3.58. The van der Waals surface area contributed by atoms with Crippen LogP contribution in [0, 0.1) is 0 Å². The van der Waals surface area contributed by atoms with Crippen molar-refractivity contribution in [1.82, 2.24) is 15.1 Å². The normalized spacial score (nSPS) is 10.1. The number of carboxylic acid groups (broad SMARTS) is 1. The van der Waals surface area contributed by atoms with Crippen molar-refractivity contribution in [3.63, 3.8) is 0 Å². The van der Waals surface area contributed by atoms with Gasteiger partial charge in [-0.15, -0.1) is 0 Å². The minimum absolute atomic E-state index is 0.189. The topological polar surface area (TPSA) is 96.2 Å². The van der Waals surface area contributed by atoms with Crippen molar-refractivity contribution in [2.75, 3.05) is 5.32 Å². The number of hydrogen-bond donors (Lipinski definition) is 3. The second-order valence-electron chi connectivity index (χ2n) is 4.19. The van der Waals surface area contributed by atoms with E-state index in [1.54, 1.807) is 36.1 Å². The Hall–Kier alpha value is -2.83. The predicted molar refractivity (Wildman–Crippen MR) is 72.5 cm³/mol. The van der Waals surface area contributed by atoms with Gasteiger partial charge in [0.15, 0.2) is 5.82 Å². The first-order chi connectivity index (χ1) is 9.54. The van der Waals surface area contributed by atoms with Crippen LogP contribution in [0.5, 0.6) is 0 Å². The summed E-state index contributed by atoms with van der Waals surface area (Å²) in [6.45, 7) is 0.236. The molecule has 1 aromatic carbocycles. The fourth-order valence-electron chi connectivity index (χ4n) is 1.64. The minimum Gasteiger partial charge on any atom is -0.478 e. The summed E-state index contributed by atoms with van der Waals surface area (Å²) < 4.78 is 1.58. The maximum absolute atomic E-state index is 11.6.